The molecule has 0 saturated heterocycles. The Morgan fingerprint density at radius 1 is 1.42 bits per heavy atom. The third-order valence-electron chi connectivity index (χ3n) is 3.57. The largest absolute Gasteiger partial charge is 0.381 e. The van der Waals surface area contributed by atoms with E-state index in [1.54, 1.807) is 0 Å². The van der Waals surface area contributed by atoms with Gasteiger partial charge in [-0.05, 0) is 55.8 Å². The van der Waals surface area contributed by atoms with Crippen molar-refractivity contribution >= 4 is 15.9 Å². The van der Waals surface area contributed by atoms with Crippen LogP contribution in [0.25, 0.3) is 0 Å². The van der Waals surface area contributed by atoms with Crippen molar-refractivity contribution in [2.45, 2.75) is 38.6 Å². The molecular weight excluding hydrogens is 302 g/mol. The molecule has 1 N–H and O–H groups in total. The highest BCUT2D eigenvalue weighted by Gasteiger charge is 2.20. The molecule has 19 heavy (non-hydrogen) atoms. The molecule has 0 aliphatic heterocycles. The van der Waals surface area contributed by atoms with Crippen molar-refractivity contribution in [1.29, 1.82) is 0 Å². The number of halogens is 1. The van der Waals surface area contributed by atoms with E-state index in [0.29, 0.717) is 6.04 Å². The Hall–Kier alpha value is -0.380. The summed E-state index contributed by atoms with van der Waals surface area (Å²) < 4.78 is 6.80. The number of hydrogen-bond acceptors (Lipinski definition) is 2. The van der Waals surface area contributed by atoms with Crippen molar-refractivity contribution in [3.63, 3.8) is 0 Å². The second-order valence-electron chi connectivity index (χ2n) is 5.34. The van der Waals surface area contributed by atoms with Gasteiger partial charge in [0.25, 0.3) is 0 Å². The van der Waals surface area contributed by atoms with E-state index in [0.717, 1.165) is 43.0 Å². The van der Waals surface area contributed by atoms with Crippen molar-refractivity contribution in [3.05, 3.63) is 34.3 Å². The van der Waals surface area contributed by atoms with Gasteiger partial charge in [-0.3, -0.25) is 0 Å². The maximum atomic E-state index is 5.65. The van der Waals surface area contributed by atoms with Gasteiger partial charge in [-0.1, -0.05) is 35.0 Å². The average molecular weight is 326 g/mol. The Morgan fingerprint density at radius 2 is 2.26 bits per heavy atom. The summed E-state index contributed by atoms with van der Waals surface area (Å²) in [6.07, 6.45) is 4.95. The molecule has 1 aliphatic rings. The first-order chi connectivity index (χ1) is 9.29. The standard InChI is InChI=1S/C16H24BrNO/c1-2-16(14-5-3-6-15(17)11-14)18-9-4-10-19-12-13-7-8-13/h3,5-6,11,13,16,18H,2,4,7-10,12H2,1H3. The molecule has 0 bridgehead atoms. The Morgan fingerprint density at radius 3 is 2.95 bits per heavy atom. The average Bonchev–Trinajstić information content (AvgIpc) is 3.22. The van der Waals surface area contributed by atoms with Gasteiger partial charge in [0.05, 0.1) is 0 Å². The maximum absolute atomic E-state index is 5.65. The monoisotopic (exact) mass is 325 g/mol. The van der Waals surface area contributed by atoms with Crippen LogP contribution < -0.4 is 5.32 Å². The van der Waals surface area contributed by atoms with E-state index in [1.165, 1.54) is 18.4 Å². The van der Waals surface area contributed by atoms with Crippen molar-refractivity contribution in [1.82, 2.24) is 5.32 Å². The van der Waals surface area contributed by atoms with E-state index < -0.39 is 0 Å². The highest BCUT2D eigenvalue weighted by atomic mass is 79.9. The second kappa shape index (κ2) is 8.03. The molecule has 1 fully saturated rings. The van der Waals surface area contributed by atoms with Crippen LogP contribution in [0.4, 0.5) is 0 Å². The highest BCUT2D eigenvalue weighted by Crippen LogP contribution is 2.28. The summed E-state index contributed by atoms with van der Waals surface area (Å²) in [6.45, 7) is 5.11. The van der Waals surface area contributed by atoms with Crippen LogP contribution in [-0.2, 0) is 4.74 Å². The Labute approximate surface area is 125 Å². The lowest BCUT2D eigenvalue weighted by atomic mass is 10.0. The summed E-state index contributed by atoms with van der Waals surface area (Å²) in [4.78, 5) is 0. The molecule has 1 aromatic carbocycles. The van der Waals surface area contributed by atoms with E-state index >= 15 is 0 Å². The van der Waals surface area contributed by atoms with Crippen LogP contribution in [0.1, 0.15) is 44.2 Å². The lowest BCUT2D eigenvalue weighted by Crippen LogP contribution is -2.23. The fraction of sp³-hybridized carbons (Fsp3) is 0.625. The second-order valence-corrected chi connectivity index (χ2v) is 6.26. The molecule has 0 heterocycles. The zero-order valence-electron chi connectivity index (χ0n) is 11.7. The first kappa shape index (κ1) is 15.0. The normalized spacial score (nSPS) is 16.5. The molecule has 0 spiro atoms. The first-order valence-corrected chi connectivity index (χ1v) is 8.15. The lowest BCUT2D eigenvalue weighted by molar-refractivity contribution is 0.121. The summed E-state index contributed by atoms with van der Waals surface area (Å²) in [5, 5.41) is 3.62. The van der Waals surface area contributed by atoms with E-state index in [4.69, 9.17) is 4.74 Å². The topological polar surface area (TPSA) is 21.3 Å². The van der Waals surface area contributed by atoms with Crippen LogP contribution in [-0.4, -0.2) is 19.8 Å². The minimum absolute atomic E-state index is 0.445. The number of benzene rings is 1. The molecule has 1 aromatic rings. The molecule has 2 nitrogen and oxygen atoms in total. The fourth-order valence-corrected chi connectivity index (χ4v) is 2.62. The van der Waals surface area contributed by atoms with E-state index in [2.05, 4.69) is 52.4 Å². The molecule has 0 aromatic heterocycles. The summed E-state index contributed by atoms with van der Waals surface area (Å²) >= 11 is 3.53. The Balaban J connectivity index is 1.64. The first-order valence-electron chi connectivity index (χ1n) is 7.36. The number of hydrogen-bond donors (Lipinski definition) is 1. The number of rotatable bonds is 9. The van der Waals surface area contributed by atoms with E-state index in [9.17, 15) is 0 Å². The van der Waals surface area contributed by atoms with Crippen LogP contribution in [0.5, 0.6) is 0 Å². The van der Waals surface area contributed by atoms with Crippen LogP contribution in [0.15, 0.2) is 28.7 Å². The molecule has 1 atom stereocenters. The van der Waals surface area contributed by atoms with Crippen molar-refractivity contribution < 1.29 is 4.74 Å². The van der Waals surface area contributed by atoms with Gasteiger partial charge in [0.2, 0.25) is 0 Å². The molecule has 0 radical (unpaired) electrons. The predicted octanol–water partition coefficient (Wildman–Crippen LogP) is 4.31. The summed E-state index contributed by atoms with van der Waals surface area (Å²) in [7, 11) is 0. The van der Waals surface area contributed by atoms with Gasteiger partial charge in [-0.25, -0.2) is 0 Å². The lowest BCUT2D eigenvalue weighted by Gasteiger charge is -2.17. The highest BCUT2D eigenvalue weighted by molar-refractivity contribution is 9.10. The Bertz CT molecular complexity index is 379. The van der Waals surface area contributed by atoms with Crippen LogP contribution >= 0.6 is 15.9 Å². The van der Waals surface area contributed by atoms with Gasteiger partial charge in [-0.15, -0.1) is 0 Å². The maximum Gasteiger partial charge on any atom is 0.0494 e. The molecular formula is C16H24BrNO. The summed E-state index contributed by atoms with van der Waals surface area (Å²) in [5.74, 6) is 0.873. The smallest absolute Gasteiger partial charge is 0.0494 e. The van der Waals surface area contributed by atoms with Gasteiger partial charge in [-0.2, -0.15) is 0 Å². The van der Waals surface area contributed by atoms with Gasteiger partial charge < -0.3 is 10.1 Å². The predicted molar refractivity (Wildman–Crippen MR) is 83.3 cm³/mol. The van der Waals surface area contributed by atoms with Gasteiger partial charge in [0.15, 0.2) is 0 Å². The van der Waals surface area contributed by atoms with Crippen molar-refractivity contribution in [2.24, 2.45) is 5.92 Å². The summed E-state index contributed by atoms with van der Waals surface area (Å²) in [6, 6.07) is 9.01. The minimum Gasteiger partial charge on any atom is -0.381 e. The SMILES string of the molecule is CCC(NCCCOCC1CC1)c1cccc(Br)c1. The molecule has 2 rings (SSSR count). The quantitative estimate of drug-likeness (QED) is 0.683. The molecule has 3 heteroatoms. The van der Waals surface area contributed by atoms with E-state index in [1.807, 2.05) is 0 Å². The molecule has 1 saturated carbocycles. The number of ether oxygens (including phenoxy) is 1. The minimum atomic E-state index is 0.445. The third-order valence-corrected chi connectivity index (χ3v) is 4.06. The fourth-order valence-electron chi connectivity index (χ4n) is 2.21. The van der Waals surface area contributed by atoms with Crippen LogP contribution in [0, 0.1) is 5.92 Å². The molecule has 1 aliphatic carbocycles. The zero-order valence-corrected chi connectivity index (χ0v) is 13.3. The molecule has 1 unspecified atom stereocenters. The van der Waals surface area contributed by atoms with Crippen molar-refractivity contribution in [3.8, 4) is 0 Å². The van der Waals surface area contributed by atoms with Gasteiger partial charge >= 0.3 is 0 Å². The van der Waals surface area contributed by atoms with Crippen molar-refractivity contribution in [2.75, 3.05) is 19.8 Å². The Kier molecular flexibility index (Phi) is 6.35. The van der Waals surface area contributed by atoms with Crippen LogP contribution in [0.3, 0.4) is 0 Å². The zero-order chi connectivity index (χ0) is 13.5. The third kappa shape index (κ3) is 5.64. The number of nitrogens with one attached hydrogen (secondary N) is 1. The van der Waals surface area contributed by atoms with Crippen LogP contribution in [0.2, 0.25) is 0 Å². The van der Waals surface area contributed by atoms with Gasteiger partial charge in [0, 0.05) is 23.7 Å². The van der Waals surface area contributed by atoms with Gasteiger partial charge in [0.1, 0.15) is 0 Å². The molecule has 0 amide bonds. The molecule has 106 valence electrons. The van der Waals surface area contributed by atoms with E-state index in [-0.39, 0.29) is 0 Å². The summed E-state index contributed by atoms with van der Waals surface area (Å²) in [5.41, 5.74) is 1.36.